The van der Waals surface area contributed by atoms with Gasteiger partial charge in [-0.1, -0.05) is 5.16 Å². The van der Waals surface area contributed by atoms with Gasteiger partial charge < -0.3 is 14.2 Å². The van der Waals surface area contributed by atoms with Crippen molar-refractivity contribution in [1.29, 1.82) is 0 Å². The lowest BCUT2D eigenvalue weighted by Crippen LogP contribution is -2.48. The van der Waals surface area contributed by atoms with Crippen LogP contribution < -0.4 is 9.64 Å². The molecule has 0 bridgehead atoms. The Labute approximate surface area is 162 Å². The van der Waals surface area contributed by atoms with E-state index in [1.807, 2.05) is 6.92 Å². The number of aromatic nitrogens is 2. The quantitative estimate of drug-likeness (QED) is 0.683. The summed E-state index contributed by atoms with van der Waals surface area (Å²) in [6.07, 6.45) is -0.609. The number of benzene rings is 1. The first-order chi connectivity index (χ1) is 13.2. The fourth-order valence-electron chi connectivity index (χ4n) is 2.87. The normalized spacial score (nSPS) is 16.4. The van der Waals surface area contributed by atoms with Gasteiger partial charge >= 0.3 is 6.01 Å². The second-order valence-corrected chi connectivity index (χ2v) is 8.47. The Morgan fingerprint density at radius 1 is 1.18 bits per heavy atom. The van der Waals surface area contributed by atoms with E-state index in [-0.39, 0.29) is 29.8 Å². The van der Waals surface area contributed by atoms with Crippen molar-refractivity contribution in [3.05, 3.63) is 30.1 Å². The third kappa shape index (κ3) is 4.76. The molecule has 0 saturated carbocycles. The van der Waals surface area contributed by atoms with Crippen LogP contribution in [0.4, 0.5) is 14.8 Å². The van der Waals surface area contributed by atoms with E-state index in [9.17, 15) is 17.2 Å². The second-order valence-electron chi connectivity index (χ2n) is 6.54. The molecule has 28 heavy (non-hydrogen) atoms. The first kappa shape index (κ1) is 20.5. The van der Waals surface area contributed by atoms with Crippen molar-refractivity contribution in [2.45, 2.75) is 31.1 Å². The van der Waals surface area contributed by atoms with E-state index < -0.39 is 22.4 Å². The number of ether oxygens (including phenoxy) is 1. The molecule has 0 unspecified atom stereocenters. The van der Waals surface area contributed by atoms with Crippen molar-refractivity contribution in [3.63, 3.8) is 0 Å². The Bertz CT molecular complexity index is 889. The number of sulfonamides is 1. The molecule has 0 N–H and O–H groups in total. The van der Waals surface area contributed by atoms with Crippen LogP contribution >= 0.6 is 0 Å². The fraction of sp³-hybridized carbons (Fsp3) is 0.529. The third-order valence-corrected chi connectivity index (χ3v) is 6.12. The van der Waals surface area contributed by atoms with E-state index in [1.54, 1.807) is 17.0 Å². The van der Waals surface area contributed by atoms with E-state index in [1.165, 1.54) is 16.4 Å². The molecule has 0 atom stereocenters. The minimum Gasteiger partial charge on any atom is -0.494 e. The standard InChI is InChI=1S/C17H22F2N4O4S/c1-3-26-13-4-6-14(7-5-13)28(24,25)23-10-8-22(9-11-23)16-20-15(21-27-16)12-17(2,18)19/h4-7H,3,8-12H2,1-2H3. The minimum atomic E-state index is -3.63. The summed E-state index contributed by atoms with van der Waals surface area (Å²) < 4.78 is 63.4. The summed E-state index contributed by atoms with van der Waals surface area (Å²) >= 11 is 0. The van der Waals surface area contributed by atoms with Gasteiger partial charge in [0.25, 0.3) is 5.92 Å². The van der Waals surface area contributed by atoms with Gasteiger partial charge in [-0.05, 0) is 38.1 Å². The summed E-state index contributed by atoms with van der Waals surface area (Å²) in [6, 6.07) is 6.40. The summed E-state index contributed by atoms with van der Waals surface area (Å²) in [4.78, 5) is 5.86. The zero-order valence-electron chi connectivity index (χ0n) is 15.6. The fourth-order valence-corrected chi connectivity index (χ4v) is 4.29. The molecule has 1 aromatic heterocycles. The van der Waals surface area contributed by atoms with Crippen molar-refractivity contribution in [3.8, 4) is 5.75 Å². The zero-order chi connectivity index (χ0) is 20.4. The number of alkyl halides is 2. The largest absolute Gasteiger partial charge is 0.494 e. The van der Waals surface area contributed by atoms with Gasteiger partial charge in [-0.15, -0.1) is 0 Å². The number of anilines is 1. The molecule has 1 aliphatic heterocycles. The molecular formula is C17H22F2N4O4S. The van der Waals surface area contributed by atoms with E-state index in [0.29, 0.717) is 25.4 Å². The van der Waals surface area contributed by atoms with Crippen molar-refractivity contribution in [1.82, 2.24) is 14.4 Å². The van der Waals surface area contributed by atoms with Gasteiger partial charge in [-0.3, -0.25) is 0 Å². The molecule has 0 radical (unpaired) electrons. The Morgan fingerprint density at radius 3 is 2.39 bits per heavy atom. The van der Waals surface area contributed by atoms with Crippen LogP contribution in [0.5, 0.6) is 5.75 Å². The van der Waals surface area contributed by atoms with Gasteiger partial charge in [0, 0.05) is 26.2 Å². The van der Waals surface area contributed by atoms with E-state index in [2.05, 4.69) is 10.1 Å². The van der Waals surface area contributed by atoms with Crippen molar-refractivity contribution < 1.29 is 26.5 Å². The molecule has 2 heterocycles. The molecule has 1 saturated heterocycles. The monoisotopic (exact) mass is 416 g/mol. The average molecular weight is 416 g/mol. The molecule has 0 spiro atoms. The highest BCUT2D eigenvalue weighted by Gasteiger charge is 2.31. The maximum absolute atomic E-state index is 13.1. The number of rotatable bonds is 7. The number of hydrogen-bond acceptors (Lipinski definition) is 7. The highest BCUT2D eigenvalue weighted by molar-refractivity contribution is 7.89. The number of hydrogen-bond donors (Lipinski definition) is 0. The van der Waals surface area contributed by atoms with E-state index >= 15 is 0 Å². The van der Waals surface area contributed by atoms with Crippen LogP contribution in [0.15, 0.2) is 33.7 Å². The second kappa shape index (κ2) is 8.00. The lowest BCUT2D eigenvalue weighted by atomic mass is 10.2. The molecule has 11 heteroatoms. The Balaban J connectivity index is 1.63. The Kier molecular flexibility index (Phi) is 5.84. The van der Waals surface area contributed by atoms with Crippen LogP contribution in [0.25, 0.3) is 0 Å². The molecule has 2 aromatic rings. The van der Waals surface area contributed by atoms with Gasteiger partial charge in [-0.2, -0.15) is 9.29 Å². The lowest BCUT2D eigenvalue weighted by molar-refractivity contribution is 0.0200. The van der Waals surface area contributed by atoms with Gasteiger partial charge in [0.2, 0.25) is 10.0 Å². The van der Waals surface area contributed by atoms with Crippen molar-refractivity contribution >= 4 is 16.0 Å². The molecule has 1 aromatic carbocycles. The van der Waals surface area contributed by atoms with Gasteiger partial charge in [0.15, 0.2) is 5.82 Å². The summed E-state index contributed by atoms with van der Waals surface area (Å²) in [5.74, 6) is -2.39. The minimum absolute atomic E-state index is 0.0769. The number of piperazine rings is 1. The topological polar surface area (TPSA) is 88.8 Å². The molecule has 3 rings (SSSR count). The van der Waals surface area contributed by atoms with Crippen LogP contribution in [0.3, 0.4) is 0 Å². The summed E-state index contributed by atoms with van der Waals surface area (Å²) in [5.41, 5.74) is 0. The molecule has 0 aliphatic carbocycles. The van der Waals surface area contributed by atoms with Crippen LogP contribution in [0, 0.1) is 0 Å². The van der Waals surface area contributed by atoms with E-state index in [4.69, 9.17) is 9.26 Å². The molecule has 1 fully saturated rings. The Morgan fingerprint density at radius 2 is 1.82 bits per heavy atom. The zero-order valence-corrected chi connectivity index (χ0v) is 16.5. The highest BCUT2D eigenvalue weighted by atomic mass is 32.2. The van der Waals surface area contributed by atoms with E-state index in [0.717, 1.165) is 6.92 Å². The first-order valence-corrected chi connectivity index (χ1v) is 10.3. The molecule has 154 valence electrons. The van der Waals surface area contributed by atoms with Gasteiger partial charge in [0.05, 0.1) is 17.9 Å². The molecule has 8 nitrogen and oxygen atoms in total. The maximum Gasteiger partial charge on any atom is 0.324 e. The third-order valence-electron chi connectivity index (χ3n) is 4.21. The molecule has 1 aliphatic rings. The molecular weight excluding hydrogens is 394 g/mol. The summed E-state index contributed by atoms with van der Waals surface area (Å²) in [5, 5.41) is 3.56. The van der Waals surface area contributed by atoms with Crippen LogP contribution in [0.1, 0.15) is 19.7 Å². The predicted molar refractivity (Wildman–Crippen MR) is 97.2 cm³/mol. The number of nitrogens with zero attached hydrogens (tertiary/aromatic N) is 4. The van der Waals surface area contributed by atoms with Gasteiger partial charge in [-0.25, -0.2) is 17.2 Å². The lowest BCUT2D eigenvalue weighted by Gasteiger charge is -2.32. The Hall–Kier alpha value is -2.27. The average Bonchev–Trinajstić information content (AvgIpc) is 3.09. The van der Waals surface area contributed by atoms with Gasteiger partial charge in [0.1, 0.15) is 5.75 Å². The van der Waals surface area contributed by atoms with Crippen LogP contribution in [-0.2, 0) is 16.4 Å². The van der Waals surface area contributed by atoms with Crippen molar-refractivity contribution in [2.24, 2.45) is 0 Å². The van der Waals surface area contributed by atoms with Crippen molar-refractivity contribution in [2.75, 3.05) is 37.7 Å². The molecule has 0 amide bonds. The van der Waals surface area contributed by atoms with Crippen LogP contribution in [-0.4, -0.2) is 61.6 Å². The predicted octanol–water partition coefficient (Wildman–Crippen LogP) is 2.18. The first-order valence-electron chi connectivity index (χ1n) is 8.87. The SMILES string of the molecule is CCOc1ccc(S(=O)(=O)N2CCN(c3nc(CC(C)(F)F)no3)CC2)cc1. The maximum atomic E-state index is 13.1. The van der Waals surface area contributed by atoms with Crippen LogP contribution in [0.2, 0.25) is 0 Å². The highest BCUT2D eigenvalue weighted by Crippen LogP contribution is 2.23. The number of halogens is 2. The summed E-state index contributed by atoms with van der Waals surface area (Å²) in [6.45, 7) is 4.22. The smallest absolute Gasteiger partial charge is 0.324 e. The summed E-state index contributed by atoms with van der Waals surface area (Å²) in [7, 11) is -3.63.